The van der Waals surface area contributed by atoms with E-state index in [1.54, 1.807) is 12.1 Å². The summed E-state index contributed by atoms with van der Waals surface area (Å²) >= 11 is 0. The Morgan fingerprint density at radius 1 is 1.29 bits per heavy atom. The standard InChI is InChI=1S/C13H12FN5O2/c1-18-10-9(11(20)17-13(18)21)19(12(15)16-10)6-7-2-4-8(14)5-3-7/h2-5H,6H2,1H3,(H2,15,16)(H,17,20,21). The van der Waals surface area contributed by atoms with Crippen molar-refractivity contribution in [2.45, 2.75) is 6.54 Å². The number of rotatable bonds is 2. The lowest BCUT2D eigenvalue weighted by atomic mass is 10.2. The van der Waals surface area contributed by atoms with Gasteiger partial charge < -0.3 is 10.3 Å². The second-order valence-corrected chi connectivity index (χ2v) is 4.67. The van der Waals surface area contributed by atoms with Crippen molar-refractivity contribution in [1.29, 1.82) is 0 Å². The van der Waals surface area contributed by atoms with E-state index in [0.717, 1.165) is 5.56 Å². The van der Waals surface area contributed by atoms with Gasteiger partial charge in [-0.3, -0.25) is 14.3 Å². The summed E-state index contributed by atoms with van der Waals surface area (Å²) < 4.78 is 15.6. The molecular weight excluding hydrogens is 277 g/mol. The first-order valence-electron chi connectivity index (χ1n) is 6.17. The molecule has 0 aliphatic heterocycles. The van der Waals surface area contributed by atoms with E-state index in [2.05, 4.69) is 9.97 Å². The van der Waals surface area contributed by atoms with Crippen LogP contribution in [0.1, 0.15) is 5.56 Å². The molecule has 0 fully saturated rings. The maximum Gasteiger partial charge on any atom is 0.329 e. The Bertz CT molecular complexity index is 936. The van der Waals surface area contributed by atoms with Gasteiger partial charge in [-0.2, -0.15) is 4.98 Å². The number of aromatic amines is 1. The summed E-state index contributed by atoms with van der Waals surface area (Å²) in [7, 11) is 1.50. The molecular formula is C13H12FN5O2. The fraction of sp³-hybridized carbons (Fsp3) is 0.154. The minimum absolute atomic E-state index is 0.112. The summed E-state index contributed by atoms with van der Waals surface area (Å²) in [6, 6.07) is 5.84. The number of fused-ring (bicyclic) bond motifs is 1. The lowest BCUT2D eigenvalue weighted by Gasteiger charge is -2.06. The quantitative estimate of drug-likeness (QED) is 0.703. The third-order valence-corrected chi connectivity index (χ3v) is 3.29. The minimum Gasteiger partial charge on any atom is -0.369 e. The van der Waals surface area contributed by atoms with E-state index in [1.807, 2.05) is 0 Å². The van der Waals surface area contributed by atoms with E-state index < -0.39 is 11.2 Å². The van der Waals surface area contributed by atoms with E-state index in [0.29, 0.717) is 0 Å². The number of aromatic nitrogens is 4. The van der Waals surface area contributed by atoms with Crippen LogP contribution in [0.2, 0.25) is 0 Å². The molecule has 8 heteroatoms. The summed E-state index contributed by atoms with van der Waals surface area (Å²) in [5.74, 6) is -0.233. The monoisotopic (exact) mass is 289 g/mol. The van der Waals surface area contributed by atoms with E-state index in [-0.39, 0.29) is 29.5 Å². The van der Waals surface area contributed by atoms with Crippen molar-refractivity contribution in [2.24, 2.45) is 7.05 Å². The predicted octanol–water partition coefficient (Wildman–Crippen LogP) is 0.193. The number of nitrogens with one attached hydrogen (secondary N) is 1. The van der Waals surface area contributed by atoms with Crippen molar-refractivity contribution in [1.82, 2.24) is 19.1 Å². The Balaban J connectivity index is 2.21. The van der Waals surface area contributed by atoms with Crippen LogP contribution in [0.5, 0.6) is 0 Å². The van der Waals surface area contributed by atoms with Crippen LogP contribution in [0.15, 0.2) is 33.9 Å². The average Bonchev–Trinajstić information content (AvgIpc) is 2.77. The Morgan fingerprint density at radius 3 is 2.62 bits per heavy atom. The van der Waals surface area contributed by atoms with Gasteiger partial charge in [-0.15, -0.1) is 0 Å². The molecule has 0 atom stereocenters. The molecule has 1 aromatic carbocycles. The molecule has 0 radical (unpaired) electrons. The number of imidazole rings is 1. The van der Waals surface area contributed by atoms with Crippen LogP contribution in [0.25, 0.3) is 11.2 Å². The molecule has 7 nitrogen and oxygen atoms in total. The first kappa shape index (κ1) is 13.1. The summed E-state index contributed by atoms with van der Waals surface area (Å²) in [6.45, 7) is 0.254. The van der Waals surface area contributed by atoms with Gasteiger partial charge >= 0.3 is 5.69 Å². The summed E-state index contributed by atoms with van der Waals surface area (Å²) in [4.78, 5) is 29.8. The normalized spacial score (nSPS) is 11.1. The maximum absolute atomic E-state index is 12.9. The summed E-state index contributed by atoms with van der Waals surface area (Å²) in [5.41, 5.74) is 5.89. The number of halogens is 1. The number of hydrogen-bond acceptors (Lipinski definition) is 4. The van der Waals surface area contributed by atoms with E-state index in [4.69, 9.17) is 5.73 Å². The van der Waals surface area contributed by atoms with Gasteiger partial charge in [0.25, 0.3) is 5.56 Å². The number of benzene rings is 1. The van der Waals surface area contributed by atoms with Crippen molar-refractivity contribution in [3.63, 3.8) is 0 Å². The molecule has 0 spiro atoms. The van der Waals surface area contributed by atoms with Crippen LogP contribution < -0.4 is 17.0 Å². The van der Waals surface area contributed by atoms with Crippen LogP contribution in [0.3, 0.4) is 0 Å². The number of nitrogens with two attached hydrogens (primary N) is 1. The minimum atomic E-state index is -0.557. The van der Waals surface area contributed by atoms with Crippen molar-refractivity contribution in [2.75, 3.05) is 5.73 Å². The third-order valence-electron chi connectivity index (χ3n) is 3.29. The van der Waals surface area contributed by atoms with Gasteiger partial charge in [-0.05, 0) is 17.7 Å². The molecule has 0 saturated heterocycles. The molecule has 0 saturated carbocycles. The maximum atomic E-state index is 12.9. The fourth-order valence-electron chi connectivity index (χ4n) is 2.18. The Kier molecular flexibility index (Phi) is 2.86. The zero-order valence-corrected chi connectivity index (χ0v) is 11.1. The molecule has 0 amide bonds. The Morgan fingerprint density at radius 2 is 1.95 bits per heavy atom. The first-order valence-corrected chi connectivity index (χ1v) is 6.17. The Hall–Kier alpha value is -2.90. The van der Waals surface area contributed by atoms with E-state index in [1.165, 1.54) is 28.3 Å². The molecule has 0 aliphatic carbocycles. The van der Waals surface area contributed by atoms with Crippen molar-refractivity contribution < 1.29 is 4.39 Å². The van der Waals surface area contributed by atoms with E-state index in [9.17, 15) is 14.0 Å². The summed E-state index contributed by atoms with van der Waals surface area (Å²) in [5, 5.41) is 0. The van der Waals surface area contributed by atoms with Gasteiger partial charge in [-0.25, -0.2) is 9.18 Å². The molecule has 0 bridgehead atoms. The topological polar surface area (TPSA) is 98.7 Å². The number of nitrogens with zero attached hydrogens (tertiary/aromatic N) is 3. The van der Waals surface area contributed by atoms with Crippen LogP contribution in [-0.4, -0.2) is 19.1 Å². The number of aryl methyl sites for hydroxylation is 1. The molecule has 21 heavy (non-hydrogen) atoms. The third kappa shape index (κ3) is 2.10. The molecule has 0 aliphatic rings. The second-order valence-electron chi connectivity index (χ2n) is 4.67. The van der Waals surface area contributed by atoms with Gasteiger partial charge in [0.05, 0.1) is 6.54 Å². The molecule has 3 N–H and O–H groups in total. The van der Waals surface area contributed by atoms with Crippen molar-refractivity contribution in [3.05, 3.63) is 56.5 Å². The highest BCUT2D eigenvalue weighted by Crippen LogP contribution is 2.15. The van der Waals surface area contributed by atoms with Crippen molar-refractivity contribution in [3.8, 4) is 0 Å². The van der Waals surface area contributed by atoms with Crippen LogP contribution in [-0.2, 0) is 13.6 Å². The van der Waals surface area contributed by atoms with Gasteiger partial charge in [0, 0.05) is 7.05 Å². The smallest absolute Gasteiger partial charge is 0.329 e. The molecule has 2 heterocycles. The number of H-pyrrole nitrogens is 1. The summed E-state index contributed by atoms with van der Waals surface area (Å²) in [6.07, 6.45) is 0. The highest BCUT2D eigenvalue weighted by molar-refractivity contribution is 5.73. The highest BCUT2D eigenvalue weighted by atomic mass is 19.1. The van der Waals surface area contributed by atoms with Gasteiger partial charge in [0.2, 0.25) is 5.95 Å². The number of anilines is 1. The lowest BCUT2D eigenvalue weighted by molar-refractivity contribution is 0.626. The van der Waals surface area contributed by atoms with Crippen molar-refractivity contribution >= 4 is 17.1 Å². The number of nitrogen functional groups attached to an aromatic ring is 1. The SMILES string of the molecule is Cn1c(=O)[nH]c(=O)c2c1nc(N)n2Cc1ccc(F)cc1. The molecule has 2 aromatic heterocycles. The molecule has 108 valence electrons. The van der Waals surface area contributed by atoms with Gasteiger partial charge in [-0.1, -0.05) is 12.1 Å². The Labute approximate surface area is 117 Å². The second kappa shape index (κ2) is 4.58. The molecule has 3 rings (SSSR count). The zero-order chi connectivity index (χ0) is 15.1. The van der Waals surface area contributed by atoms with E-state index >= 15 is 0 Å². The first-order chi connectivity index (χ1) is 9.97. The van der Waals surface area contributed by atoms with Crippen LogP contribution in [0.4, 0.5) is 10.3 Å². The molecule has 3 aromatic rings. The molecule has 0 unspecified atom stereocenters. The number of hydrogen-bond donors (Lipinski definition) is 2. The average molecular weight is 289 g/mol. The highest BCUT2D eigenvalue weighted by Gasteiger charge is 2.15. The zero-order valence-electron chi connectivity index (χ0n) is 11.1. The van der Waals surface area contributed by atoms with Gasteiger partial charge in [0.1, 0.15) is 5.82 Å². The lowest BCUT2D eigenvalue weighted by Crippen LogP contribution is -2.29. The van der Waals surface area contributed by atoms with Crippen LogP contribution in [0, 0.1) is 5.82 Å². The van der Waals surface area contributed by atoms with Gasteiger partial charge in [0.15, 0.2) is 11.2 Å². The largest absolute Gasteiger partial charge is 0.369 e. The predicted molar refractivity (Wildman–Crippen MR) is 75.5 cm³/mol. The van der Waals surface area contributed by atoms with Crippen LogP contribution >= 0.6 is 0 Å². The fourth-order valence-corrected chi connectivity index (χ4v) is 2.18.